The van der Waals surface area contributed by atoms with Gasteiger partial charge in [-0.05, 0) is 0 Å². The lowest BCUT2D eigenvalue weighted by Crippen LogP contribution is -2.59. The van der Waals surface area contributed by atoms with Gasteiger partial charge < -0.3 is 49.0 Å². The van der Waals surface area contributed by atoms with E-state index in [0.717, 1.165) is 0 Å². The molecule has 0 rings (SSSR count). The minimum Gasteiger partial charge on any atom is -0.838 e. The molecule has 0 aliphatic heterocycles. The number of nitro groups is 3. The van der Waals surface area contributed by atoms with Crippen LogP contribution in [0.1, 0.15) is 0 Å². The molecule has 0 heterocycles. The molecule has 0 amide bonds. The van der Waals surface area contributed by atoms with Crippen LogP contribution >= 0.6 is 7.82 Å². The Morgan fingerprint density at radius 2 is 0.905 bits per heavy atom. The van der Waals surface area contributed by atoms with Gasteiger partial charge >= 0.3 is 5.79 Å². The average Bonchev–Trinajstić information content (AvgIpc) is 1.99. The molecule has 0 radical (unpaired) electrons. The number of quaternary nitrogens is 4. The zero-order chi connectivity index (χ0) is 14.4. The second-order valence-electron chi connectivity index (χ2n) is 2.14. The maximum Gasteiger partial charge on any atom is 0.684 e. The predicted molar refractivity (Wildman–Crippen MR) is 60.1 cm³/mol. The van der Waals surface area contributed by atoms with Crippen LogP contribution in [0.2, 0.25) is 0 Å². The summed E-state index contributed by atoms with van der Waals surface area (Å²) in [5, 5.41) is 39.5. The van der Waals surface area contributed by atoms with Crippen molar-refractivity contribution in [2.24, 2.45) is 0 Å². The second-order valence-corrected chi connectivity index (χ2v) is 3.03. The number of phosphoric acid groups is 1. The monoisotopic (exact) mass is 347 g/mol. The van der Waals surface area contributed by atoms with Crippen molar-refractivity contribution in [3.05, 3.63) is 30.3 Å². The lowest BCUT2D eigenvalue weighted by Gasteiger charge is -2.36. The SMILES string of the molecule is O=P([O-])([O-])[O-].O=[N+]([O-])C(C[O-])([N+](=O)[O-])[N+](=O)[O-].[NH4+].[NH4+].[NH4+].[NH4+]. The van der Waals surface area contributed by atoms with Crippen LogP contribution in [0.15, 0.2) is 0 Å². The summed E-state index contributed by atoms with van der Waals surface area (Å²) >= 11 is 0. The highest BCUT2D eigenvalue weighted by Crippen LogP contribution is 2.09. The highest BCUT2D eigenvalue weighted by Gasteiger charge is 2.66. The van der Waals surface area contributed by atoms with E-state index in [9.17, 15) is 35.4 Å². The van der Waals surface area contributed by atoms with E-state index in [4.69, 9.17) is 19.2 Å². The van der Waals surface area contributed by atoms with Gasteiger partial charge in [0.15, 0.2) is 14.8 Å². The zero-order valence-corrected chi connectivity index (χ0v) is 12.4. The third-order valence-corrected chi connectivity index (χ3v) is 1.07. The maximum atomic E-state index is 9.95. The molecular formula is C2H18N7O11P. The number of hydrogen-bond acceptors (Lipinski definition) is 11. The van der Waals surface area contributed by atoms with Crippen molar-refractivity contribution >= 4 is 7.82 Å². The Balaban J connectivity index is -0.0000000552. The first-order chi connectivity index (χ1) is 7.39. The molecule has 0 aliphatic carbocycles. The third-order valence-electron chi connectivity index (χ3n) is 1.07. The molecule has 19 heteroatoms. The Hall–Kier alpha value is -1.89. The molecule has 16 N–H and O–H groups in total. The van der Waals surface area contributed by atoms with Gasteiger partial charge in [0.2, 0.25) is 0 Å². The summed E-state index contributed by atoms with van der Waals surface area (Å²) in [5.74, 6) is -3.85. The van der Waals surface area contributed by atoms with Gasteiger partial charge in [0.05, 0.1) is 6.61 Å². The van der Waals surface area contributed by atoms with E-state index in [1.165, 1.54) is 0 Å². The molecule has 0 aliphatic rings. The fraction of sp³-hybridized carbons (Fsp3) is 1.00. The van der Waals surface area contributed by atoms with Crippen molar-refractivity contribution in [1.29, 1.82) is 0 Å². The summed E-state index contributed by atoms with van der Waals surface area (Å²) in [4.78, 5) is 49.8. The minimum atomic E-state index is -5.39. The molecule has 0 bridgehead atoms. The molecule has 21 heavy (non-hydrogen) atoms. The molecule has 0 aromatic carbocycles. The van der Waals surface area contributed by atoms with Crippen molar-refractivity contribution < 1.29 is 39.1 Å². The van der Waals surface area contributed by atoms with Gasteiger partial charge in [0.25, 0.3) is 0 Å². The van der Waals surface area contributed by atoms with Gasteiger partial charge in [0, 0.05) is 0 Å². The third kappa shape index (κ3) is 12.9. The smallest absolute Gasteiger partial charge is 0.684 e. The summed E-state index contributed by atoms with van der Waals surface area (Å²) in [7, 11) is -5.39. The van der Waals surface area contributed by atoms with Crippen LogP contribution in [0.5, 0.6) is 0 Å². The Morgan fingerprint density at radius 1 is 0.762 bits per heavy atom. The normalized spacial score (nSPS) is 8.95. The van der Waals surface area contributed by atoms with E-state index in [1.807, 2.05) is 0 Å². The molecule has 0 unspecified atom stereocenters. The second kappa shape index (κ2) is 13.1. The van der Waals surface area contributed by atoms with Crippen LogP contribution < -0.4 is 44.4 Å². The van der Waals surface area contributed by atoms with E-state index in [-0.39, 0.29) is 24.6 Å². The van der Waals surface area contributed by atoms with E-state index in [1.54, 1.807) is 0 Å². The Kier molecular flexibility index (Phi) is 22.8. The van der Waals surface area contributed by atoms with Gasteiger partial charge in [-0.15, -0.1) is 0 Å². The molecule has 18 nitrogen and oxygen atoms in total. The maximum absolute atomic E-state index is 9.95. The van der Waals surface area contributed by atoms with Gasteiger partial charge in [-0.25, -0.2) is 0 Å². The van der Waals surface area contributed by atoms with Crippen molar-refractivity contribution in [2.75, 3.05) is 6.61 Å². The van der Waals surface area contributed by atoms with E-state index in [2.05, 4.69) is 0 Å². The molecule has 0 aromatic rings. The topological polar surface area (TPSA) is 385 Å². The van der Waals surface area contributed by atoms with Crippen molar-refractivity contribution in [3.63, 3.8) is 0 Å². The summed E-state index contributed by atoms with van der Waals surface area (Å²) in [6, 6.07) is 0. The van der Waals surface area contributed by atoms with Crippen molar-refractivity contribution in [3.8, 4) is 0 Å². The first-order valence-electron chi connectivity index (χ1n) is 3.14. The highest BCUT2D eigenvalue weighted by atomic mass is 31.2. The van der Waals surface area contributed by atoms with Crippen molar-refractivity contribution in [2.45, 2.75) is 5.79 Å². The highest BCUT2D eigenvalue weighted by molar-refractivity contribution is 7.40. The number of rotatable bonds is 4. The largest absolute Gasteiger partial charge is 0.838 e. The van der Waals surface area contributed by atoms with E-state index in [0.29, 0.717) is 0 Å². The lowest BCUT2D eigenvalue weighted by molar-refractivity contribution is -0.980. The van der Waals surface area contributed by atoms with Gasteiger partial charge in [-0.1, -0.05) is 0 Å². The van der Waals surface area contributed by atoms with E-state index >= 15 is 0 Å². The molecule has 132 valence electrons. The zero-order valence-electron chi connectivity index (χ0n) is 11.5. The first kappa shape index (κ1) is 36.5. The number of nitrogens with zero attached hydrogens (tertiary/aromatic N) is 3. The van der Waals surface area contributed by atoms with Gasteiger partial charge in [0.1, 0.15) is 0 Å². The van der Waals surface area contributed by atoms with Gasteiger partial charge in [-0.3, -0.25) is 30.3 Å². The standard InChI is InChI=1S/C2H2N3O7.4H3N.H3O4P/c6-1-2(3(7)8,4(9)10)5(11)12;;;;;1-5(2,3)4/h1H2;4*1H3;(H3,1,2,3,4)/q-1;;;;;/p+1. The minimum absolute atomic E-state index is 0. The fourth-order valence-electron chi connectivity index (χ4n) is 0.358. The molecule has 0 spiro atoms. The fourth-order valence-corrected chi connectivity index (χ4v) is 0.358. The van der Waals surface area contributed by atoms with Crippen LogP contribution in [0, 0.1) is 30.3 Å². The lowest BCUT2D eigenvalue weighted by atomic mass is 10.4. The summed E-state index contributed by atoms with van der Waals surface area (Å²) in [6.07, 6.45) is 0. The quantitative estimate of drug-likeness (QED) is 0.167. The van der Waals surface area contributed by atoms with Crippen LogP contribution in [0.25, 0.3) is 0 Å². The Morgan fingerprint density at radius 3 is 0.905 bits per heavy atom. The first-order valence-corrected chi connectivity index (χ1v) is 4.60. The predicted octanol–water partition coefficient (Wildman–Crippen LogP) is -3.49. The molecule has 0 saturated carbocycles. The molecular weight excluding hydrogens is 329 g/mol. The summed E-state index contributed by atoms with van der Waals surface area (Å²) in [6.45, 7) is -2.04. The van der Waals surface area contributed by atoms with Crippen LogP contribution in [-0.2, 0) is 4.57 Å². The number of hydrogen-bond donors (Lipinski definition) is 4. The van der Waals surface area contributed by atoms with Crippen LogP contribution in [0.3, 0.4) is 0 Å². The molecule has 0 fully saturated rings. The molecule has 0 saturated heterocycles. The van der Waals surface area contributed by atoms with Crippen LogP contribution in [-0.4, -0.2) is 27.2 Å². The molecule has 0 aromatic heterocycles. The van der Waals surface area contributed by atoms with Crippen LogP contribution in [0.4, 0.5) is 0 Å². The Labute approximate surface area is 115 Å². The summed E-state index contributed by atoms with van der Waals surface area (Å²) in [5.41, 5.74) is 0. The van der Waals surface area contributed by atoms with E-state index < -0.39 is 35.0 Å². The van der Waals surface area contributed by atoms with Crippen molar-refractivity contribution in [1.82, 2.24) is 24.6 Å². The summed E-state index contributed by atoms with van der Waals surface area (Å²) < 4.78 is 8.55. The Bertz CT molecular complexity index is 321. The average molecular weight is 347 g/mol. The van der Waals surface area contributed by atoms with Gasteiger partial charge in [-0.2, -0.15) is 7.82 Å². The molecule has 0 atom stereocenters.